The van der Waals surface area contributed by atoms with Gasteiger partial charge in [-0.1, -0.05) is 45.2 Å². The summed E-state index contributed by atoms with van der Waals surface area (Å²) >= 11 is 15.3. The van der Waals surface area contributed by atoms with Crippen molar-refractivity contribution in [2.45, 2.75) is 11.4 Å². The minimum Gasteiger partial charge on any atom is -0.366 e. The molecule has 11 heteroatoms. The number of anilines is 1. The van der Waals surface area contributed by atoms with Gasteiger partial charge >= 0.3 is 0 Å². The molecule has 0 aliphatic rings. The Morgan fingerprint density at radius 1 is 0.939 bits per heavy atom. The van der Waals surface area contributed by atoms with E-state index in [1.54, 1.807) is 30.3 Å². The van der Waals surface area contributed by atoms with Crippen LogP contribution in [0.1, 0.15) is 15.9 Å². The van der Waals surface area contributed by atoms with Crippen molar-refractivity contribution >= 4 is 66.7 Å². The summed E-state index contributed by atoms with van der Waals surface area (Å²) in [5.74, 6) is -1.16. The maximum atomic E-state index is 13.3. The second-order valence-corrected chi connectivity index (χ2v) is 10.6. The van der Waals surface area contributed by atoms with Gasteiger partial charge in [-0.2, -0.15) is 4.31 Å². The number of nitrogens with two attached hydrogens (primary N) is 1. The molecule has 3 N–H and O–H groups in total. The van der Waals surface area contributed by atoms with Gasteiger partial charge in [0.25, 0.3) is 0 Å². The highest BCUT2D eigenvalue weighted by atomic mass is 79.9. The number of nitrogens with zero attached hydrogens (tertiary/aromatic N) is 1. The van der Waals surface area contributed by atoms with Gasteiger partial charge in [0, 0.05) is 22.3 Å². The molecule has 0 aromatic heterocycles. The third-order valence-corrected chi connectivity index (χ3v) is 7.64. The highest BCUT2D eigenvalue weighted by Gasteiger charge is 2.27. The fourth-order valence-corrected chi connectivity index (χ4v) is 4.87. The van der Waals surface area contributed by atoms with Crippen molar-refractivity contribution in [3.63, 3.8) is 0 Å². The van der Waals surface area contributed by atoms with Gasteiger partial charge in [-0.3, -0.25) is 9.59 Å². The third kappa shape index (κ3) is 6.55. The zero-order chi connectivity index (χ0) is 24.2. The van der Waals surface area contributed by atoms with Gasteiger partial charge in [0.05, 0.1) is 21.5 Å². The molecule has 0 aliphatic heterocycles. The van der Waals surface area contributed by atoms with Crippen LogP contribution in [-0.4, -0.2) is 31.1 Å². The number of rotatable bonds is 8. The predicted molar refractivity (Wildman–Crippen MR) is 132 cm³/mol. The fourth-order valence-electron chi connectivity index (χ4n) is 2.90. The number of halogens is 3. The number of sulfonamides is 1. The summed E-state index contributed by atoms with van der Waals surface area (Å²) in [7, 11) is -4.03. The van der Waals surface area contributed by atoms with Crippen LogP contribution in [0.5, 0.6) is 0 Å². The Kier molecular flexibility index (Phi) is 8.14. The second kappa shape index (κ2) is 10.7. The molecule has 3 aromatic carbocycles. The normalized spacial score (nSPS) is 11.4. The molecule has 0 atom stereocenters. The lowest BCUT2D eigenvalue weighted by Crippen LogP contribution is -2.37. The molecule has 172 valence electrons. The SMILES string of the molecule is NC(=O)c1ccc(NC(=O)CN(Cc2ccc(Cl)c(Cl)c2)S(=O)(=O)c2ccc(Br)cc2)cc1. The minimum absolute atomic E-state index is 0.0318. The number of benzene rings is 3. The molecule has 3 aromatic rings. The molecule has 0 unspecified atom stereocenters. The van der Waals surface area contributed by atoms with E-state index in [2.05, 4.69) is 21.2 Å². The molecule has 3 rings (SSSR count). The average Bonchev–Trinajstić information content (AvgIpc) is 2.76. The monoisotopic (exact) mass is 569 g/mol. The maximum Gasteiger partial charge on any atom is 0.248 e. The van der Waals surface area contributed by atoms with E-state index in [4.69, 9.17) is 28.9 Å². The largest absolute Gasteiger partial charge is 0.366 e. The Bertz CT molecular complexity index is 1280. The van der Waals surface area contributed by atoms with Gasteiger partial charge < -0.3 is 11.1 Å². The van der Waals surface area contributed by atoms with E-state index in [-0.39, 0.29) is 22.0 Å². The Morgan fingerprint density at radius 3 is 2.15 bits per heavy atom. The van der Waals surface area contributed by atoms with Crippen LogP contribution in [0, 0.1) is 0 Å². The number of hydrogen-bond acceptors (Lipinski definition) is 4. The van der Waals surface area contributed by atoms with E-state index >= 15 is 0 Å². The topological polar surface area (TPSA) is 110 Å². The van der Waals surface area contributed by atoms with E-state index < -0.39 is 28.4 Å². The summed E-state index contributed by atoms with van der Waals surface area (Å²) in [5.41, 5.74) is 6.45. The summed E-state index contributed by atoms with van der Waals surface area (Å²) < 4.78 is 28.4. The van der Waals surface area contributed by atoms with Crippen LogP contribution < -0.4 is 11.1 Å². The quantitative estimate of drug-likeness (QED) is 0.409. The smallest absolute Gasteiger partial charge is 0.248 e. The molecule has 33 heavy (non-hydrogen) atoms. The fraction of sp³-hybridized carbons (Fsp3) is 0.0909. The first-order chi connectivity index (χ1) is 15.6. The van der Waals surface area contributed by atoms with E-state index in [1.807, 2.05) is 0 Å². The van der Waals surface area contributed by atoms with Crippen molar-refractivity contribution in [3.05, 3.63) is 92.4 Å². The molecule has 0 heterocycles. The van der Waals surface area contributed by atoms with Crippen molar-refractivity contribution in [1.82, 2.24) is 4.31 Å². The molecule has 0 bridgehead atoms. The molecule has 7 nitrogen and oxygen atoms in total. The minimum atomic E-state index is -4.03. The highest BCUT2D eigenvalue weighted by molar-refractivity contribution is 9.10. The lowest BCUT2D eigenvalue weighted by molar-refractivity contribution is -0.116. The summed E-state index contributed by atoms with van der Waals surface area (Å²) in [6, 6.07) is 16.8. The van der Waals surface area contributed by atoms with Crippen LogP contribution in [0.25, 0.3) is 0 Å². The van der Waals surface area contributed by atoms with Crippen LogP contribution in [0.15, 0.2) is 76.1 Å². The highest BCUT2D eigenvalue weighted by Crippen LogP contribution is 2.25. The number of hydrogen-bond donors (Lipinski definition) is 2. The Morgan fingerprint density at radius 2 is 1.58 bits per heavy atom. The molecular formula is C22H18BrCl2N3O4S. The van der Waals surface area contributed by atoms with E-state index in [0.29, 0.717) is 16.3 Å². The van der Waals surface area contributed by atoms with Crippen molar-refractivity contribution in [2.75, 3.05) is 11.9 Å². The van der Waals surface area contributed by atoms with Crippen molar-refractivity contribution in [3.8, 4) is 0 Å². The molecule has 0 fully saturated rings. The number of carbonyl (C=O) groups is 2. The Hall–Kier alpha value is -2.43. The van der Waals surface area contributed by atoms with Crippen LogP contribution in [0.4, 0.5) is 5.69 Å². The number of nitrogens with one attached hydrogen (secondary N) is 1. The first-order valence-electron chi connectivity index (χ1n) is 9.45. The Labute approximate surface area is 209 Å². The zero-order valence-electron chi connectivity index (χ0n) is 17.0. The van der Waals surface area contributed by atoms with Crippen LogP contribution in [0.2, 0.25) is 10.0 Å². The van der Waals surface area contributed by atoms with Gasteiger partial charge in [-0.15, -0.1) is 0 Å². The molecule has 2 amide bonds. The molecule has 0 saturated carbocycles. The summed E-state index contributed by atoms with van der Waals surface area (Å²) in [5, 5.41) is 3.23. The van der Waals surface area contributed by atoms with Gasteiger partial charge in [-0.25, -0.2) is 8.42 Å². The summed E-state index contributed by atoms with van der Waals surface area (Å²) in [6.07, 6.45) is 0. The molecule has 0 radical (unpaired) electrons. The first kappa shape index (κ1) is 25.2. The van der Waals surface area contributed by atoms with Crippen LogP contribution in [0.3, 0.4) is 0 Å². The number of amides is 2. The van der Waals surface area contributed by atoms with E-state index in [1.165, 1.54) is 36.4 Å². The van der Waals surface area contributed by atoms with E-state index in [9.17, 15) is 18.0 Å². The third-order valence-electron chi connectivity index (χ3n) is 4.57. The average molecular weight is 571 g/mol. The zero-order valence-corrected chi connectivity index (χ0v) is 20.9. The second-order valence-electron chi connectivity index (χ2n) is 6.97. The molecule has 0 aliphatic carbocycles. The summed E-state index contributed by atoms with van der Waals surface area (Å²) in [6.45, 7) is -0.570. The summed E-state index contributed by atoms with van der Waals surface area (Å²) in [4.78, 5) is 24.0. The van der Waals surface area contributed by atoms with Crippen molar-refractivity contribution in [2.24, 2.45) is 5.73 Å². The van der Waals surface area contributed by atoms with Gasteiger partial charge in [0.1, 0.15) is 0 Å². The van der Waals surface area contributed by atoms with Gasteiger partial charge in [-0.05, 0) is 66.2 Å². The molecule has 0 spiro atoms. The maximum absolute atomic E-state index is 13.3. The number of primary amides is 1. The Balaban J connectivity index is 1.86. The first-order valence-corrected chi connectivity index (χ1v) is 12.4. The lowest BCUT2D eigenvalue weighted by atomic mass is 10.2. The van der Waals surface area contributed by atoms with Crippen LogP contribution >= 0.6 is 39.1 Å². The lowest BCUT2D eigenvalue weighted by Gasteiger charge is -2.22. The van der Waals surface area contributed by atoms with Gasteiger partial charge in [0.2, 0.25) is 21.8 Å². The molecular weight excluding hydrogens is 553 g/mol. The predicted octanol–water partition coefficient (Wildman–Crippen LogP) is 4.68. The van der Waals surface area contributed by atoms with Crippen LogP contribution in [-0.2, 0) is 21.4 Å². The van der Waals surface area contributed by atoms with Crippen molar-refractivity contribution in [1.29, 1.82) is 0 Å². The van der Waals surface area contributed by atoms with Gasteiger partial charge in [0.15, 0.2) is 0 Å². The molecule has 0 saturated heterocycles. The van der Waals surface area contributed by atoms with Crippen molar-refractivity contribution < 1.29 is 18.0 Å². The standard InChI is InChI=1S/C22H18BrCl2N3O4S/c23-16-4-8-18(9-5-16)33(31,32)28(12-14-1-10-19(24)20(25)11-14)13-21(29)27-17-6-2-15(3-7-17)22(26)30/h1-11H,12-13H2,(H2,26,30)(H,27,29). The van der Waals surface area contributed by atoms with E-state index in [0.717, 1.165) is 8.78 Å². The number of carbonyl (C=O) groups excluding carboxylic acids is 2.